The number of ether oxygens (including phenoxy) is 1. The summed E-state index contributed by atoms with van der Waals surface area (Å²) in [6.07, 6.45) is 3.59. The first-order chi connectivity index (χ1) is 13.4. The highest BCUT2D eigenvalue weighted by atomic mass is 16.5. The standard InChI is InChI=1S/C21H38N4O3/c1-4-23-11-13-24(14-12-23)8-5-19(26)25-9-6-21(7-10-25)15-18(28-21)16-22-20(27)17(2)3/h17-18H,4-16H2,1-3H3,(H,22,27). The summed E-state index contributed by atoms with van der Waals surface area (Å²) in [5, 5.41) is 2.95. The van der Waals surface area contributed by atoms with Crippen molar-refractivity contribution in [2.45, 2.75) is 58.2 Å². The molecule has 3 saturated heterocycles. The Morgan fingerprint density at radius 3 is 2.25 bits per heavy atom. The van der Waals surface area contributed by atoms with E-state index < -0.39 is 0 Å². The van der Waals surface area contributed by atoms with E-state index in [4.69, 9.17) is 4.74 Å². The molecule has 1 N–H and O–H groups in total. The average Bonchev–Trinajstić information content (AvgIpc) is 2.69. The lowest BCUT2D eigenvalue weighted by Gasteiger charge is -2.52. The van der Waals surface area contributed by atoms with Crippen LogP contribution in [0.2, 0.25) is 0 Å². The second kappa shape index (κ2) is 9.55. The first-order valence-electron chi connectivity index (χ1n) is 11.1. The number of rotatable bonds is 7. The number of carbonyl (C=O) groups is 2. The molecule has 0 aromatic heterocycles. The number of hydrogen-bond donors (Lipinski definition) is 1. The zero-order chi connectivity index (χ0) is 20.1. The summed E-state index contributed by atoms with van der Waals surface area (Å²) in [6, 6.07) is 0. The summed E-state index contributed by atoms with van der Waals surface area (Å²) in [5.74, 6) is 0.382. The largest absolute Gasteiger partial charge is 0.370 e. The van der Waals surface area contributed by atoms with Crippen molar-refractivity contribution in [3.05, 3.63) is 0 Å². The van der Waals surface area contributed by atoms with Crippen LogP contribution < -0.4 is 5.32 Å². The average molecular weight is 395 g/mol. The molecule has 0 aromatic carbocycles. The topological polar surface area (TPSA) is 65.1 Å². The van der Waals surface area contributed by atoms with E-state index in [0.717, 1.165) is 71.6 Å². The number of hydrogen-bond acceptors (Lipinski definition) is 5. The van der Waals surface area contributed by atoms with Gasteiger partial charge in [0.2, 0.25) is 11.8 Å². The SMILES string of the molecule is CCN1CCN(CCC(=O)N2CCC3(CC2)CC(CNC(=O)C(C)C)O3)CC1. The molecule has 0 saturated carbocycles. The van der Waals surface area contributed by atoms with Crippen molar-refractivity contribution in [2.24, 2.45) is 5.92 Å². The van der Waals surface area contributed by atoms with Crippen LogP contribution in [0, 0.1) is 5.92 Å². The van der Waals surface area contributed by atoms with Gasteiger partial charge in [0, 0.05) is 71.1 Å². The Labute approximate surface area is 169 Å². The van der Waals surface area contributed by atoms with Crippen molar-refractivity contribution in [2.75, 3.05) is 58.9 Å². The maximum atomic E-state index is 12.6. The van der Waals surface area contributed by atoms with E-state index in [2.05, 4.69) is 22.0 Å². The van der Waals surface area contributed by atoms with Crippen molar-refractivity contribution in [3.8, 4) is 0 Å². The molecule has 0 aliphatic carbocycles. The van der Waals surface area contributed by atoms with Gasteiger partial charge in [-0.15, -0.1) is 0 Å². The Morgan fingerprint density at radius 1 is 1.07 bits per heavy atom. The van der Waals surface area contributed by atoms with Crippen LogP contribution in [-0.2, 0) is 14.3 Å². The summed E-state index contributed by atoms with van der Waals surface area (Å²) in [6.45, 7) is 14.6. The monoisotopic (exact) mass is 394 g/mol. The smallest absolute Gasteiger partial charge is 0.223 e. The number of amides is 2. The third-order valence-corrected chi connectivity index (χ3v) is 6.63. The predicted molar refractivity (Wildman–Crippen MR) is 109 cm³/mol. The van der Waals surface area contributed by atoms with Crippen LogP contribution in [0.1, 0.15) is 46.5 Å². The van der Waals surface area contributed by atoms with Gasteiger partial charge in [0.1, 0.15) is 0 Å². The van der Waals surface area contributed by atoms with E-state index in [1.165, 1.54) is 0 Å². The van der Waals surface area contributed by atoms with E-state index in [0.29, 0.717) is 13.0 Å². The highest BCUT2D eigenvalue weighted by Crippen LogP contribution is 2.41. The molecule has 1 unspecified atom stereocenters. The van der Waals surface area contributed by atoms with Crippen molar-refractivity contribution in [1.82, 2.24) is 20.0 Å². The molecule has 160 valence electrons. The molecular formula is C21H38N4O3. The first-order valence-corrected chi connectivity index (χ1v) is 11.1. The molecule has 0 aromatic rings. The van der Waals surface area contributed by atoms with Crippen LogP contribution in [0.5, 0.6) is 0 Å². The third kappa shape index (κ3) is 5.45. The molecule has 3 heterocycles. The Morgan fingerprint density at radius 2 is 1.68 bits per heavy atom. The third-order valence-electron chi connectivity index (χ3n) is 6.63. The fraction of sp³-hybridized carbons (Fsp3) is 0.905. The minimum Gasteiger partial charge on any atom is -0.370 e. The number of nitrogens with one attached hydrogen (secondary N) is 1. The van der Waals surface area contributed by atoms with Crippen LogP contribution in [0.15, 0.2) is 0 Å². The number of carbonyl (C=O) groups excluding carboxylic acids is 2. The van der Waals surface area contributed by atoms with Gasteiger partial charge in [-0.3, -0.25) is 9.59 Å². The summed E-state index contributed by atoms with van der Waals surface area (Å²) >= 11 is 0. The minimum absolute atomic E-state index is 0.0128. The van der Waals surface area contributed by atoms with Crippen LogP contribution >= 0.6 is 0 Å². The summed E-state index contributed by atoms with van der Waals surface area (Å²) in [4.78, 5) is 31.1. The molecular weight excluding hydrogens is 356 g/mol. The van der Waals surface area contributed by atoms with Crippen molar-refractivity contribution in [1.29, 1.82) is 0 Å². The minimum atomic E-state index is -0.0551. The number of piperidine rings is 1. The molecule has 1 spiro atoms. The highest BCUT2D eigenvalue weighted by molar-refractivity contribution is 5.77. The Kier molecular flexibility index (Phi) is 7.34. The second-order valence-corrected chi connectivity index (χ2v) is 8.93. The Bertz CT molecular complexity index is 530. The summed E-state index contributed by atoms with van der Waals surface area (Å²) in [5.41, 5.74) is -0.0551. The van der Waals surface area contributed by atoms with E-state index in [9.17, 15) is 9.59 Å². The van der Waals surface area contributed by atoms with Gasteiger partial charge in [0.25, 0.3) is 0 Å². The van der Waals surface area contributed by atoms with Crippen molar-refractivity contribution in [3.63, 3.8) is 0 Å². The lowest BCUT2D eigenvalue weighted by molar-refractivity contribution is -0.222. The quantitative estimate of drug-likeness (QED) is 0.696. The molecule has 1 atom stereocenters. The molecule has 0 bridgehead atoms. The van der Waals surface area contributed by atoms with Gasteiger partial charge in [0.15, 0.2) is 0 Å². The normalized spacial score (nSPS) is 25.7. The fourth-order valence-electron chi connectivity index (χ4n) is 4.52. The molecule has 3 rings (SSSR count). The predicted octanol–water partition coefficient (Wildman–Crippen LogP) is 0.936. The lowest BCUT2D eigenvalue weighted by Crippen LogP contribution is -2.59. The molecule has 7 heteroatoms. The van der Waals surface area contributed by atoms with Gasteiger partial charge < -0.3 is 24.8 Å². The van der Waals surface area contributed by atoms with Gasteiger partial charge in [-0.1, -0.05) is 20.8 Å². The van der Waals surface area contributed by atoms with Crippen LogP contribution in [0.4, 0.5) is 0 Å². The number of piperazine rings is 1. The van der Waals surface area contributed by atoms with E-state index in [-0.39, 0.29) is 29.4 Å². The number of likely N-dealkylation sites (N-methyl/N-ethyl adjacent to an activating group) is 1. The molecule has 0 radical (unpaired) electrons. The zero-order valence-electron chi connectivity index (χ0n) is 17.9. The Balaban J connectivity index is 1.30. The maximum Gasteiger partial charge on any atom is 0.223 e. The van der Waals surface area contributed by atoms with Crippen LogP contribution in [-0.4, -0.2) is 97.1 Å². The van der Waals surface area contributed by atoms with Gasteiger partial charge >= 0.3 is 0 Å². The van der Waals surface area contributed by atoms with E-state index in [1.54, 1.807) is 0 Å². The van der Waals surface area contributed by atoms with Gasteiger partial charge in [-0.25, -0.2) is 0 Å². The molecule has 3 aliphatic heterocycles. The maximum absolute atomic E-state index is 12.6. The van der Waals surface area contributed by atoms with Crippen LogP contribution in [0.25, 0.3) is 0 Å². The second-order valence-electron chi connectivity index (χ2n) is 8.93. The van der Waals surface area contributed by atoms with Crippen molar-refractivity contribution >= 4 is 11.8 Å². The van der Waals surface area contributed by atoms with Crippen LogP contribution in [0.3, 0.4) is 0 Å². The first kappa shape index (κ1) is 21.5. The van der Waals surface area contributed by atoms with Gasteiger partial charge in [-0.2, -0.15) is 0 Å². The number of likely N-dealkylation sites (tertiary alicyclic amines) is 1. The van der Waals surface area contributed by atoms with E-state index in [1.807, 2.05) is 18.7 Å². The summed E-state index contributed by atoms with van der Waals surface area (Å²) < 4.78 is 6.14. The molecule has 2 amide bonds. The van der Waals surface area contributed by atoms with Gasteiger partial charge in [0.05, 0.1) is 11.7 Å². The molecule has 3 fully saturated rings. The fourth-order valence-corrected chi connectivity index (χ4v) is 4.52. The summed E-state index contributed by atoms with van der Waals surface area (Å²) in [7, 11) is 0. The molecule has 3 aliphatic rings. The van der Waals surface area contributed by atoms with Crippen molar-refractivity contribution < 1.29 is 14.3 Å². The van der Waals surface area contributed by atoms with E-state index >= 15 is 0 Å². The number of nitrogens with zero attached hydrogens (tertiary/aromatic N) is 3. The zero-order valence-corrected chi connectivity index (χ0v) is 17.9. The lowest BCUT2D eigenvalue weighted by atomic mass is 9.80. The molecule has 28 heavy (non-hydrogen) atoms. The highest BCUT2D eigenvalue weighted by Gasteiger charge is 2.47. The molecule has 7 nitrogen and oxygen atoms in total. The van der Waals surface area contributed by atoms with Gasteiger partial charge in [-0.05, 0) is 19.4 Å². The Hall–Kier alpha value is -1.18.